The van der Waals surface area contributed by atoms with Crippen molar-refractivity contribution in [2.24, 2.45) is 11.7 Å². The molecule has 0 radical (unpaired) electrons. The average Bonchev–Trinajstić information content (AvgIpc) is 2.78. The summed E-state index contributed by atoms with van der Waals surface area (Å²) in [6.07, 6.45) is 0.520. The molecule has 7 nitrogen and oxygen atoms in total. The van der Waals surface area contributed by atoms with Gasteiger partial charge in [-0.3, -0.25) is 10.2 Å². The van der Waals surface area contributed by atoms with Gasteiger partial charge in [0, 0.05) is 37.6 Å². The number of carbonyl (C=O) groups excluding carboxylic acids is 2. The Morgan fingerprint density at radius 1 is 1.09 bits per heavy atom. The van der Waals surface area contributed by atoms with Gasteiger partial charge in [-0.15, -0.1) is 0 Å². The Kier molecular flexibility index (Phi) is 9.30. The van der Waals surface area contributed by atoms with Crippen LogP contribution < -0.4 is 11.1 Å². The van der Waals surface area contributed by atoms with Gasteiger partial charge >= 0.3 is 5.97 Å². The van der Waals surface area contributed by atoms with Gasteiger partial charge in [-0.05, 0) is 35.7 Å². The highest BCUT2D eigenvalue weighted by Crippen LogP contribution is 2.10. The maximum absolute atomic E-state index is 12.5. The monoisotopic (exact) mass is 434 g/mol. The average molecular weight is 435 g/mol. The van der Waals surface area contributed by atoms with Gasteiger partial charge in [0.05, 0.1) is 7.11 Å². The van der Waals surface area contributed by atoms with Crippen LogP contribution in [0, 0.1) is 23.2 Å². The molecule has 0 saturated carbocycles. The van der Waals surface area contributed by atoms with Crippen molar-refractivity contribution in [1.29, 1.82) is 5.41 Å². The predicted octanol–water partition coefficient (Wildman–Crippen LogP) is 2.14. The lowest BCUT2D eigenvalue weighted by molar-refractivity contribution is -0.145. The van der Waals surface area contributed by atoms with E-state index in [-0.39, 0.29) is 24.2 Å². The summed E-state index contributed by atoms with van der Waals surface area (Å²) < 4.78 is 4.87. The summed E-state index contributed by atoms with van der Waals surface area (Å²) in [5.74, 6) is 5.37. The molecule has 2 unspecified atom stereocenters. The van der Waals surface area contributed by atoms with E-state index in [1.54, 1.807) is 11.9 Å². The normalized spacial score (nSPS) is 12.0. The van der Waals surface area contributed by atoms with Crippen LogP contribution in [0.1, 0.15) is 30.0 Å². The first-order valence-electron chi connectivity index (χ1n) is 10.4. The van der Waals surface area contributed by atoms with Gasteiger partial charge in [0.1, 0.15) is 6.04 Å². The number of guanidine groups is 1. The Labute approximate surface area is 189 Å². The van der Waals surface area contributed by atoms with Crippen LogP contribution in [0.3, 0.4) is 0 Å². The minimum atomic E-state index is -0.786. The molecule has 2 atom stereocenters. The smallest absolute Gasteiger partial charge is 0.328 e. The lowest BCUT2D eigenvalue weighted by atomic mass is 10.0. The first kappa shape index (κ1) is 24.5. The summed E-state index contributed by atoms with van der Waals surface area (Å²) in [6, 6.07) is 16.5. The van der Waals surface area contributed by atoms with Gasteiger partial charge in [-0.2, -0.15) is 0 Å². The SMILES string of the molecule is COC(=O)C(Cc1ccc(C#Cc2ccccc2)cc1)NC(=O)CC(C)CN(C)C(=N)N. The third-order valence-corrected chi connectivity index (χ3v) is 4.87. The highest BCUT2D eigenvalue weighted by Gasteiger charge is 2.23. The largest absolute Gasteiger partial charge is 0.467 e. The molecule has 0 heterocycles. The molecule has 2 aromatic carbocycles. The summed E-state index contributed by atoms with van der Waals surface area (Å²) in [7, 11) is 3.00. The van der Waals surface area contributed by atoms with Crippen molar-refractivity contribution in [2.45, 2.75) is 25.8 Å². The maximum atomic E-state index is 12.5. The number of nitrogens with one attached hydrogen (secondary N) is 2. The van der Waals surface area contributed by atoms with Gasteiger partial charge in [0.15, 0.2) is 5.96 Å². The molecule has 0 aliphatic carbocycles. The van der Waals surface area contributed by atoms with Gasteiger partial charge in [0.2, 0.25) is 5.91 Å². The quantitative estimate of drug-likeness (QED) is 0.255. The van der Waals surface area contributed by atoms with E-state index >= 15 is 0 Å². The molecule has 0 spiro atoms. The molecule has 32 heavy (non-hydrogen) atoms. The number of hydrogen-bond acceptors (Lipinski definition) is 4. The van der Waals surface area contributed by atoms with Crippen molar-refractivity contribution >= 4 is 17.8 Å². The van der Waals surface area contributed by atoms with Crippen molar-refractivity contribution in [1.82, 2.24) is 10.2 Å². The van der Waals surface area contributed by atoms with E-state index in [4.69, 9.17) is 15.9 Å². The Morgan fingerprint density at radius 2 is 1.69 bits per heavy atom. The van der Waals surface area contributed by atoms with E-state index in [0.29, 0.717) is 13.0 Å². The Hall–Kier alpha value is -3.79. The van der Waals surface area contributed by atoms with Crippen LogP contribution >= 0.6 is 0 Å². The third-order valence-electron chi connectivity index (χ3n) is 4.87. The van der Waals surface area contributed by atoms with E-state index in [9.17, 15) is 9.59 Å². The number of esters is 1. The number of hydrogen-bond donors (Lipinski definition) is 3. The Balaban J connectivity index is 1.98. The van der Waals surface area contributed by atoms with Crippen molar-refractivity contribution in [3.8, 4) is 11.8 Å². The maximum Gasteiger partial charge on any atom is 0.328 e. The fourth-order valence-corrected chi connectivity index (χ4v) is 3.16. The summed E-state index contributed by atoms with van der Waals surface area (Å²) in [4.78, 5) is 26.2. The first-order valence-corrected chi connectivity index (χ1v) is 10.4. The summed E-state index contributed by atoms with van der Waals surface area (Å²) >= 11 is 0. The van der Waals surface area contributed by atoms with Crippen LogP contribution in [-0.2, 0) is 20.7 Å². The second-order valence-electron chi connectivity index (χ2n) is 7.74. The molecule has 0 aliphatic heterocycles. The fraction of sp³-hybridized carbons (Fsp3) is 0.320. The number of ether oxygens (including phenoxy) is 1. The number of benzene rings is 2. The van der Waals surface area contributed by atoms with Crippen LogP contribution in [0.15, 0.2) is 54.6 Å². The standard InChI is InChI=1S/C25H30N4O3/c1-18(17-29(2)25(26)27)15-23(30)28-22(24(31)32-3)16-21-13-11-20(12-14-21)10-9-19-7-5-4-6-8-19/h4-8,11-14,18,22H,15-17H2,1-3H3,(H3,26,27)(H,28,30). The van der Waals surface area contributed by atoms with Gasteiger partial charge in [0.25, 0.3) is 0 Å². The fourth-order valence-electron chi connectivity index (χ4n) is 3.16. The van der Waals surface area contributed by atoms with Crippen molar-refractivity contribution in [3.05, 3.63) is 71.3 Å². The molecular formula is C25H30N4O3. The zero-order chi connectivity index (χ0) is 23.5. The topological polar surface area (TPSA) is 109 Å². The zero-order valence-electron chi connectivity index (χ0n) is 18.7. The molecule has 0 fully saturated rings. The lowest BCUT2D eigenvalue weighted by Crippen LogP contribution is -2.44. The highest BCUT2D eigenvalue weighted by atomic mass is 16.5. The molecule has 0 saturated heterocycles. The lowest BCUT2D eigenvalue weighted by Gasteiger charge is -2.22. The molecular weight excluding hydrogens is 404 g/mol. The molecule has 4 N–H and O–H groups in total. The summed E-state index contributed by atoms with van der Waals surface area (Å²) in [5, 5.41) is 10.2. The van der Waals surface area contributed by atoms with Gasteiger partial charge in [-0.25, -0.2) is 4.79 Å². The van der Waals surface area contributed by atoms with Crippen LogP contribution in [0.5, 0.6) is 0 Å². The Morgan fingerprint density at radius 3 is 2.25 bits per heavy atom. The molecule has 0 aliphatic rings. The zero-order valence-corrected chi connectivity index (χ0v) is 18.7. The minimum Gasteiger partial charge on any atom is -0.467 e. The number of carbonyl (C=O) groups is 2. The minimum absolute atomic E-state index is 0.0373. The van der Waals surface area contributed by atoms with Crippen molar-refractivity contribution in [2.75, 3.05) is 20.7 Å². The van der Waals surface area contributed by atoms with Crippen LogP contribution in [0.4, 0.5) is 0 Å². The number of methoxy groups -OCH3 is 1. The number of nitrogens with zero attached hydrogens (tertiary/aromatic N) is 1. The second-order valence-corrected chi connectivity index (χ2v) is 7.74. The number of rotatable bonds is 8. The van der Waals surface area contributed by atoms with E-state index < -0.39 is 12.0 Å². The van der Waals surface area contributed by atoms with E-state index in [1.807, 2.05) is 61.5 Å². The first-order chi connectivity index (χ1) is 15.3. The molecule has 0 bridgehead atoms. The van der Waals surface area contributed by atoms with E-state index in [0.717, 1.165) is 16.7 Å². The van der Waals surface area contributed by atoms with Crippen LogP contribution in [0.2, 0.25) is 0 Å². The predicted molar refractivity (Wildman–Crippen MR) is 125 cm³/mol. The molecule has 168 valence electrons. The van der Waals surface area contributed by atoms with Crippen LogP contribution in [0.25, 0.3) is 0 Å². The number of amides is 1. The van der Waals surface area contributed by atoms with Gasteiger partial charge < -0.3 is 20.7 Å². The van der Waals surface area contributed by atoms with Crippen LogP contribution in [-0.4, -0.2) is 49.5 Å². The molecule has 2 aromatic rings. The Bertz CT molecular complexity index is 978. The summed E-state index contributed by atoms with van der Waals surface area (Å²) in [6.45, 7) is 2.36. The highest BCUT2D eigenvalue weighted by molar-refractivity contribution is 5.84. The molecule has 1 amide bonds. The summed E-state index contributed by atoms with van der Waals surface area (Å²) in [5.41, 5.74) is 8.12. The molecule has 0 aromatic heterocycles. The molecule has 2 rings (SSSR count). The second kappa shape index (κ2) is 12.2. The van der Waals surface area contributed by atoms with Crippen molar-refractivity contribution < 1.29 is 14.3 Å². The number of nitrogens with two attached hydrogens (primary N) is 1. The van der Waals surface area contributed by atoms with Gasteiger partial charge in [-0.1, -0.05) is 49.1 Å². The molecule has 7 heteroatoms. The third kappa shape index (κ3) is 8.15. The van der Waals surface area contributed by atoms with E-state index in [1.165, 1.54) is 7.11 Å². The van der Waals surface area contributed by atoms with Crippen molar-refractivity contribution in [3.63, 3.8) is 0 Å². The van der Waals surface area contributed by atoms with E-state index in [2.05, 4.69) is 17.2 Å².